The number of halogens is 1. The summed E-state index contributed by atoms with van der Waals surface area (Å²) in [5.41, 5.74) is 0.377. The molecular weight excluding hydrogens is 248 g/mol. The van der Waals surface area contributed by atoms with Gasteiger partial charge in [-0.25, -0.2) is 4.79 Å². The van der Waals surface area contributed by atoms with Crippen LogP contribution in [0.15, 0.2) is 12.1 Å². The van der Waals surface area contributed by atoms with Crippen molar-refractivity contribution >= 4 is 17.6 Å². The third-order valence-electron chi connectivity index (χ3n) is 2.13. The van der Waals surface area contributed by atoms with E-state index in [1.54, 1.807) is 0 Å². The maximum atomic E-state index is 10.7. The van der Waals surface area contributed by atoms with E-state index in [-0.39, 0.29) is 18.1 Å². The molecule has 0 radical (unpaired) electrons. The van der Waals surface area contributed by atoms with Gasteiger partial charge in [-0.15, -0.1) is 0 Å². The van der Waals surface area contributed by atoms with Crippen LogP contribution in [0.1, 0.15) is 12.5 Å². The maximum absolute atomic E-state index is 10.7. The summed E-state index contributed by atoms with van der Waals surface area (Å²) in [6, 6.07) is 2.98. The van der Waals surface area contributed by atoms with E-state index in [2.05, 4.69) is 0 Å². The van der Waals surface area contributed by atoms with Crippen molar-refractivity contribution in [1.29, 1.82) is 0 Å². The molecule has 0 amide bonds. The second-order valence-electron chi connectivity index (χ2n) is 3.35. The molecule has 5 nitrogen and oxygen atoms in total. The van der Waals surface area contributed by atoms with Crippen LogP contribution < -0.4 is 9.47 Å². The van der Waals surface area contributed by atoms with Crippen LogP contribution in [0, 0.1) is 0 Å². The van der Waals surface area contributed by atoms with Gasteiger partial charge in [0.15, 0.2) is 17.6 Å². The summed E-state index contributed by atoms with van der Waals surface area (Å²) < 4.78 is 10.3. The molecule has 0 aliphatic heterocycles. The van der Waals surface area contributed by atoms with Gasteiger partial charge >= 0.3 is 5.97 Å². The van der Waals surface area contributed by atoms with Crippen molar-refractivity contribution in [2.45, 2.75) is 19.6 Å². The van der Waals surface area contributed by atoms with Gasteiger partial charge in [-0.2, -0.15) is 0 Å². The topological polar surface area (TPSA) is 76.0 Å². The normalized spacial score (nSPS) is 12.0. The van der Waals surface area contributed by atoms with Gasteiger partial charge in [-0.05, 0) is 13.0 Å². The molecule has 1 rings (SSSR count). The van der Waals surface area contributed by atoms with Gasteiger partial charge in [0.05, 0.1) is 13.7 Å². The molecule has 17 heavy (non-hydrogen) atoms. The fraction of sp³-hybridized carbons (Fsp3) is 0.364. The lowest BCUT2D eigenvalue weighted by atomic mass is 10.2. The Hall–Kier alpha value is -1.46. The van der Waals surface area contributed by atoms with Crippen LogP contribution in [-0.2, 0) is 11.4 Å². The van der Waals surface area contributed by atoms with Crippen molar-refractivity contribution in [2.75, 3.05) is 7.11 Å². The van der Waals surface area contributed by atoms with Gasteiger partial charge in [0.25, 0.3) is 0 Å². The number of ether oxygens (including phenoxy) is 2. The van der Waals surface area contributed by atoms with E-state index in [1.807, 2.05) is 0 Å². The molecule has 2 N–H and O–H groups in total. The highest BCUT2D eigenvalue weighted by atomic mass is 35.5. The average Bonchev–Trinajstić information content (AvgIpc) is 2.30. The standard InChI is InChI=1S/C11H13ClO5/c1-6(11(14)15)17-10-7(5-13)3-8(12)4-9(10)16-2/h3-4,6,13H,5H2,1-2H3,(H,14,15). The van der Waals surface area contributed by atoms with Crippen LogP contribution in [0.3, 0.4) is 0 Å². The number of aliphatic hydroxyl groups is 1. The number of rotatable bonds is 5. The first-order chi connectivity index (χ1) is 7.99. The zero-order valence-electron chi connectivity index (χ0n) is 9.44. The first kappa shape index (κ1) is 13.6. The molecule has 0 saturated carbocycles. The van der Waals surface area contributed by atoms with Crippen molar-refractivity contribution in [3.8, 4) is 11.5 Å². The van der Waals surface area contributed by atoms with E-state index in [1.165, 1.54) is 26.2 Å². The Morgan fingerprint density at radius 2 is 2.18 bits per heavy atom. The smallest absolute Gasteiger partial charge is 0.344 e. The van der Waals surface area contributed by atoms with Crippen LogP contribution in [0.5, 0.6) is 11.5 Å². The first-order valence-corrected chi connectivity index (χ1v) is 5.24. The number of aliphatic carboxylic acids is 1. The number of aliphatic hydroxyl groups excluding tert-OH is 1. The highest BCUT2D eigenvalue weighted by Crippen LogP contribution is 2.35. The second kappa shape index (κ2) is 5.75. The quantitative estimate of drug-likeness (QED) is 0.843. The molecule has 0 saturated heterocycles. The summed E-state index contributed by atoms with van der Waals surface area (Å²) >= 11 is 5.82. The Balaban J connectivity index is 3.15. The number of carboxylic acid groups (broad SMARTS) is 1. The summed E-state index contributed by atoms with van der Waals surface area (Å²) in [5, 5.41) is 18.3. The van der Waals surface area contributed by atoms with Crippen molar-refractivity contribution in [3.63, 3.8) is 0 Å². The molecule has 0 spiro atoms. The molecule has 6 heteroatoms. The highest BCUT2D eigenvalue weighted by molar-refractivity contribution is 6.30. The summed E-state index contributed by atoms with van der Waals surface area (Å²) in [6.45, 7) is 1.07. The van der Waals surface area contributed by atoms with Gasteiger partial charge in [0.1, 0.15) is 0 Å². The summed E-state index contributed by atoms with van der Waals surface area (Å²) in [6.07, 6.45) is -1.05. The molecular formula is C11H13ClO5. The van der Waals surface area contributed by atoms with Crippen molar-refractivity contribution in [3.05, 3.63) is 22.7 Å². The number of benzene rings is 1. The van der Waals surface area contributed by atoms with Gasteiger partial charge in [-0.3, -0.25) is 0 Å². The van der Waals surface area contributed by atoms with E-state index < -0.39 is 12.1 Å². The SMILES string of the molecule is COc1cc(Cl)cc(CO)c1OC(C)C(=O)O. The molecule has 0 aliphatic rings. The Morgan fingerprint density at radius 3 is 2.65 bits per heavy atom. The molecule has 0 aliphatic carbocycles. The van der Waals surface area contributed by atoms with Crippen LogP contribution >= 0.6 is 11.6 Å². The molecule has 0 heterocycles. The summed E-state index contributed by atoms with van der Waals surface area (Å²) in [5.74, 6) is -0.630. The lowest BCUT2D eigenvalue weighted by Crippen LogP contribution is -2.23. The fourth-order valence-corrected chi connectivity index (χ4v) is 1.48. The van der Waals surface area contributed by atoms with Crippen LogP contribution in [0.4, 0.5) is 0 Å². The Morgan fingerprint density at radius 1 is 1.53 bits per heavy atom. The number of hydrogen-bond donors (Lipinski definition) is 2. The summed E-state index contributed by atoms with van der Waals surface area (Å²) in [4.78, 5) is 10.7. The van der Waals surface area contributed by atoms with Crippen molar-refractivity contribution in [2.24, 2.45) is 0 Å². The van der Waals surface area contributed by atoms with E-state index in [9.17, 15) is 9.90 Å². The number of carboxylic acids is 1. The lowest BCUT2D eigenvalue weighted by Gasteiger charge is -2.17. The Kier molecular flexibility index (Phi) is 4.60. The minimum Gasteiger partial charge on any atom is -0.493 e. The number of hydrogen-bond acceptors (Lipinski definition) is 4. The van der Waals surface area contributed by atoms with E-state index in [0.29, 0.717) is 10.6 Å². The van der Waals surface area contributed by atoms with Crippen molar-refractivity contribution in [1.82, 2.24) is 0 Å². The number of carbonyl (C=O) groups is 1. The lowest BCUT2D eigenvalue weighted by molar-refractivity contribution is -0.144. The second-order valence-corrected chi connectivity index (χ2v) is 3.79. The predicted molar refractivity (Wildman–Crippen MR) is 61.7 cm³/mol. The predicted octanol–water partition coefficient (Wildman–Crippen LogP) is 1.69. The van der Waals surface area contributed by atoms with E-state index >= 15 is 0 Å². The molecule has 1 atom stereocenters. The van der Waals surface area contributed by atoms with Gasteiger partial charge < -0.3 is 19.7 Å². The third-order valence-corrected chi connectivity index (χ3v) is 2.35. The Labute approximate surface area is 104 Å². The molecule has 94 valence electrons. The average molecular weight is 261 g/mol. The number of methoxy groups -OCH3 is 1. The summed E-state index contributed by atoms with van der Waals surface area (Å²) in [7, 11) is 1.41. The minimum atomic E-state index is -1.11. The first-order valence-electron chi connectivity index (χ1n) is 4.86. The van der Waals surface area contributed by atoms with Crippen LogP contribution in [-0.4, -0.2) is 29.4 Å². The van der Waals surface area contributed by atoms with E-state index in [0.717, 1.165) is 0 Å². The molecule has 0 bridgehead atoms. The minimum absolute atomic E-state index is 0.189. The van der Waals surface area contributed by atoms with Gasteiger partial charge in [0, 0.05) is 16.7 Å². The third kappa shape index (κ3) is 3.25. The maximum Gasteiger partial charge on any atom is 0.344 e. The Bertz CT molecular complexity index is 393. The zero-order valence-corrected chi connectivity index (χ0v) is 10.2. The van der Waals surface area contributed by atoms with Crippen molar-refractivity contribution < 1.29 is 24.5 Å². The molecule has 1 unspecified atom stereocenters. The molecule has 1 aromatic carbocycles. The molecule has 1 aromatic rings. The van der Waals surface area contributed by atoms with Gasteiger partial charge in [-0.1, -0.05) is 11.6 Å². The molecule has 0 aromatic heterocycles. The van der Waals surface area contributed by atoms with Crippen LogP contribution in [0.25, 0.3) is 0 Å². The fourth-order valence-electron chi connectivity index (χ4n) is 1.25. The van der Waals surface area contributed by atoms with Gasteiger partial charge in [0.2, 0.25) is 0 Å². The van der Waals surface area contributed by atoms with E-state index in [4.69, 9.17) is 26.2 Å². The molecule has 0 fully saturated rings. The largest absolute Gasteiger partial charge is 0.493 e. The highest BCUT2D eigenvalue weighted by Gasteiger charge is 2.19. The van der Waals surface area contributed by atoms with Crippen LogP contribution in [0.2, 0.25) is 5.02 Å². The monoisotopic (exact) mass is 260 g/mol. The zero-order chi connectivity index (χ0) is 13.0.